The Kier molecular flexibility index (Phi) is 3.05. The first-order chi connectivity index (χ1) is 9.78. The van der Waals surface area contributed by atoms with Crippen LogP contribution in [0.25, 0.3) is 11.3 Å². The van der Waals surface area contributed by atoms with Crippen molar-refractivity contribution < 1.29 is 4.79 Å². The number of hydrogen-bond acceptors (Lipinski definition) is 4. The first-order valence-electron chi connectivity index (χ1n) is 6.20. The van der Waals surface area contributed by atoms with E-state index >= 15 is 0 Å². The molecule has 2 heterocycles. The monoisotopic (exact) mass is 264 g/mol. The van der Waals surface area contributed by atoms with E-state index in [9.17, 15) is 4.79 Å². The third-order valence-electron chi connectivity index (χ3n) is 3.02. The van der Waals surface area contributed by atoms with Gasteiger partial charge in [0.15, 0.2) is 0 Å². The number of para-hydroxylation sites is 1. The van der Waals surface area contributed by atoms with Crippen molar-refractivity contribution in [3.05, 3.63) is 36.0 Å². The molecule has 0 bridgehead atoms. The summed E-state index contributed by atoms with van der Waals surface area (Å²) in [6, 6.07) is 7.58. The topological polar surface area (TPSA) is 66.9 Å². The summed E-state index contributed by atoms with van der Waals surface area (Å²) in [6.07, 6.45) is 7.14. The minimum Gasteiger partial charge on any atom is -0.343 e. The minimum atomic E-state index is -0.0656. The maximum absolute atomic E-state index is 11.9. The molecule has 1 aromatic heterocycles. The van der Waals surface area contributed by atoms with E-state index < -0.39 is 0 Å². The summed E-state index contributed by atoms with van der Waals surface area (Å²) in [4.78, 5) is 20.5. The number of anilines is 2. The molecule has 20 heavy (non-hydrogen) atoms. The third-order valence-corrected chi connectivity index (χ3v) is 3.02. The summed E-state index contributed by atoms with van der Waals surface area (Å²) in [5.41, 5.74) is 3.21. The van der Waals surface area contributed by atoms with Crippen LogP contribution < -0.4 is 10.6 Å². The molecule has 1 amide bonds. The van der Waals surface area contributed by atoms with Crippen molar-refractivity contribution in [2.45, 2.75) is 6.42 Å². The molecule has 1 aliphatic rings. The van der Waals surface area contributed by atoms with Gasteiger partial charge in [-0.25, -0.2) is 9.97 Å². The fourth-order valence-corrected chi connectivity index (χ4v) is 2.15. The number of carbonyl (C=O) groups excluding carboxylic acids is 1. The summed E-state index contributed by atoms with van der Waals surface area (Å²) in [5, 5.41) is 5.82. The van der Waals surface area contributed by atoms with E-state index in [2.05, 4.69) is 26.5 Å². The molecule has 0 saturated heterocycles. The van der Waals surface area contributed by atoms with Crippen LogP contribution in [-0.2, 0) is 11.2 Å². The number of terminal acetylenes is 1. The summed E-state index contributed by atoms with van der Waals surface area (Å²) < 4.78 is 0. The van der Waals surface area contributed by atoms with Gasteiger partial charge < -0.3 is 10.6 Å². The van der Waals surface area contributed by atoms with Crippen molar-refractivity contribution in [2.75, 3.05) is 17.2 Å². The summed E-state index contributed by atoms with van der Waals surface area (Å²) in [5.74, 6) is 2.88. The van der Waals surface area contributed by atoms with Crippen LogP contribution in [0.2, 0.25) is 0 Å². The predicted octanol–water partition coefficient (Wildman–Crippen LogP) is 1.68. The van der Waals surface area contributed by atoms with Crippen molar-refractivity contribution in [3.63, 3.8) is 0 Å². The fraction of sp³-hybridized carbons (Fsp3) is 0.133. The summed E-state index contributed by atoms with van der Waals surface area (Å²) in [7, 11) is 0. The lowest BCUT2D eigenvalue weighted by molar-refractivity contribution is -0.115. The second kappa shape index (κ2) is 5.02. The van der Waals surface area contributed by atoms with Gasteiger partial charge in [0.25, 0.3) is 0 Å². The van der Waals surface area contributed by atoms with E-state index in [0.29, 0.717) is 12.5 Å². The van der Waals surface area contributed by atoms with E-state index in [4.69, 9.17) is 6.42 Å². The van der Waals surface area contributed by atoms with Crippen LogP contribution in [0.1, 0.15) is 5.56 Å². The van der Waals surface area contributed by atoms with Gasteiger partial charge in [-0.3, -0.25) is 4.79 Å². The molecular weight excluding hydrogens is 252 g/mol. The standard InChI is InChI=1S/C15H12N4O/c1-2-7-16-15-17-9-10-8-13(20)18-12-6-4-3-5-11(12)14(10)19-15/h1,3-6,9H,7-8H2,(H,18,20)(H,16,17,19). The molecule has 98 valence electrons. The molecule has 0 fully saturated rings. The molecule has 1 aromatic carbocycles. The molecule has 5 heteroatoms. The highest BCUT2D eigenvalue weighted by atomic mass is 16.1. The van der Waals surface area contributed by atoms with E-state index in [1.807, 2.05) is 24.3 Å². The van der Waals surface area contributed by atoms with Gasteiger partial charge in [-0.05, 0) is 6.07 Å². The van der Waals surface area contributed by atoms with Crippen LogP contribution in [0.3, 0.4) is 0 Å². The van der Waals surface area contributed by atoms with Gasteiger partial charge in [-0.1, -0.05) is 24.1 Å². The lowest BCUT2D eigenvalue weighted by Gasteiger charge is -2.09. The molecule has 0 unspecified atom stereocenters. The van der Waals surface area contributed by atoms with Crippen LogP contribution in [0.4, 0.5) is 11.6 Å². The van der Waals surface area contributed by atoms with E-state index in [1.165, 1.54) is 0 Å². The van der Waals surface area contributed by atoms with Crippen LogP contribution in [0, 0.1) is 12.3 Å². The highest BCUT2D eigenvalue weighted by Crippen LogP contribution is 2.32. The second-order valence-electron chi connectivity index (χ2n) is 4.40. The van der Waals surface area contributed by atoms with Gasteiger partial charge in [-0.2, -0.15) is 0 Å². The number of rotatable bonds is 2. The number of nitrogens with one attached hydrogen (secondary N) is 2. The number of benzene rings is 1. The van der Waals surface area contributed by atoms with E-state index in [1.54, 1.807) is 6.20 Å². The molecular formula is C15H12N4O. The van der Waals surface area contributed by atoms with E-state index in [-0.39, 0.29) is 12.3 Å². The Morgan fingerprint density at radius 2 is 2.25 bits per heavy atom. The normalized spacial score (nSPS) is 12.4. The van der Waals surface area contributed by atoms with Gasteiger partial charge in [-0.15, -0.1) is 6.42 Å². The summed E-state index contributed by atoms with van der Waals surface area (Å²) >= 11 is 0. The molecule has 0 spiro atoms. The lowest BCUT2D eigenvalue weighted by atomic mass is 10.1. The molecule has 0 atom stereocenters. The first kappa shape index (κ1) is 12.2. The number of nitrogens with zero attached hydrogens (tertiary/aromatic N) is 2. The fourth-order valence-electron chi connectivity index (χ4n) is 2.15. The third kappa shape index (κ3) is 2.19. The van der Waals surface area contributed by atoms with Crippen molar-refractivity contribution in [3.8, 4) is 23.6 Å². The summed E-state index contributed by atoms with van der Waals surface area (Å²) in [6.45, 7) is 0.359. The maximum atomic E-state index is 11.9. The Labute approximate surface area is 116 Å². The van der Waals surface area contributed by atoms with Gasteiger partial charge in [0.1, 0.15) is 0 Å². The Bertz CT molecular complexity index is 718. The zero-order valence-electron chi connectivity index (χ0n) is 10.7. The average molecular weight is 264 g/mol. The number of hydrogen-bond donors (Lipinski definition) is 2. The largest absolute Gasteiger partial charge is 0.343 e. The zero-order valence-corrected chi connectivity index (χ0v) is 10.7. The van der Waals surface area contributed by atoms with Crippen molar-refractivity contribution in [2.24, 2.45) is 0 Å². The van der Waals surface area contributed by atoms with Crippen LogP contribution in [0.5, 0.6) is 0 Å². The van der Waals surface area contributed by atoms with Gasteiger partial charge in [0, 0.05) is 17.3 Å². The highest BCUT2D eigenvalue weighted by Gasteiger charge is 2.20. The van der Waals surface area contributed by atoms with Crippen molar-refractivity contribution >= 4 is 17.5 Å². The van der Waals surface area contributed by atoms with Gasteiger partial charge in [0.05, 0.1) is 24.3 Å². The average Bonchev–Trinajstić information content (AvgIpc) is 2.60. The molecule has 1 aliphatic heterocycles. The zero-order chi connectivity index (χ0) is 13.9. The lowest BCUT2D eigenvalue weighted by Crippen LogP contribution is -2.12. The molecule has 2 aromatic rings. The Balaban J connectivity index is 2.12. The van der Waals surface area contributed by atoms with Crippen molar-refractivity contribution in [1.82, 2.24) is 9.97 Å². The second-order valence-corrected chi connectivity index (χ2v) is 4.40. The maximum Gasteiger partial charge on any atom is 0.228 e. The number of amides is 1. The number of aromatic nitrogens is 2. The molecule has 0 saturated carbocycles. The minimum absolute atomic E-state index is 0.0656. The Hall–Kier alpha value is -2.87. The first-order valence-corrected chi connectivity index (χ1v) is 6.20. The Morgan fingerprint density at radius 3 is 3.10 bits per heavy atom. The van der Waals surface area contributed by atoms with Crippen LogP contribution >= 0.6 is 0 Å². The predicted molar refractivity (Wildman–Crippen MR) is 77.1 cm³/mol. The van der Waals surface area contributed by atoms with E-state index in [0.717, 1.165) is 22.5 Å². The SMILES string of the molecule is C#CCNc1ncc2c(n1)-c1ccccc1NC(=O)C2. The smallest absolute Gasteiger partial charge is 0.228 e. The number of fused-ring (bicyclic) bond motifs is 3. The van der Waals surface area contributed by atoms with Crippen molar-refractivity contribution in [1.29, 1.82) is 0 Å². The molecule has 0 radical (unpaired) electrons. The number of carbonyl (C=O) groups is 1. The molecule has 5 nitrogen and oxygen atoms in total. The molecule has 3 rings (SSSR count). The van der Waals surface area contributed by atoms with Crippen LogP contribution in [-0.4, -0.2) is 22.4 Å². The quantitative estimate of drug-likeness (QED) is 0.810. The molecule has 0 aliphatic carbocycles. The van der Waals surface area contributed by atoms with Crippen LogP contribution in [0.15, 0.2) is 30.5 Å². The van der Waals surface area contributed by atoms with Gasteiger partial charge >= 0.3 is 0 Å². The van der Waals surface area contributed by atoms with Gasteiger partial charge in [0.2, 0.25) is 11.9 Å². The molecule has 2 N–H and O–H groups in total. The highest BCUT2D eigenvalue weighted by molar-refractivity contribution is 5.99. The Morgan fingerprint density at radius 1 is 1.40 bits per heavy atom.